The largest absolute Gasteiger partial charge is 0.309 e. The van der Waals surface area contributed by atoms with E-state index in [0.717, 1.165) is 22.6 Å². The fraction of sp³-hybridized carbons (Fsp3) is 0. The van der Waals surface area contributed by atoms with Crippen LogP contribution < -0.4 is 4.90 Å². The number of fused-ring (bicyclic) bond motifs is 3. The second-order valence-electron chi connectivity index (χ2n) is 14.0. The molecule has 0 aliphatic carbocycles. The Bertz CT molecular complexity index is 2960. The Morgan fingerprint density at radius 1 is 0.268 bits per heavy atom. The first-order valence-corrected chi connectivity index (χ1v) is 19.9. The van der Waals surface area contributed by atoms with Crippen molar-refractivity contribution < 1.29 is 0 Å². The minimum absolute atomic E-state index is 1.11. The fourth-order valence-corrected chi connectivity index (χ4v) is 9.44. The van der Waals surface area contributed by atoms with Crippen molar-refractivity contribution in [2.45, 2.75) is 0 Å². The van der Waals surface area contributed by atoms with Crippen molar-refractivity contribution in [3.63, 3.8) is 0 Å². The van der Waals surface area contributed by atoms with Crippen LogP contribution in [-0.2, 0) is 0 Å². The van der Waals surface area contributed by atoms with Gasteiger partial charge in [-0.15, -0.1) is 11.3 Å². The summed E-state index contributed by atoms with van der Waals surface area (Å²) in [5.74, 6) is 0. The second-order valence-corrected chi connectivity index (χ2v) is 15.0. The van der Waals surface area contributed by atoms with Crippen molar-refractivity contribution in [2.75, 3.05) is 4.90 Å². The first-order valence-electron chi connectivity index (χ1n) is 19.1. The topological polar surface area (TPSA) is 3.24 Å². The molecule has 0 aliphatic rings. The zero-order valence-electron chi connectivity index (χ0n) is 30.7. The molecule has 0 saturated carbocycles. The summed E-state index contributed by atoms with van der Waals surface area (Å²) in [5, 5.41) is 2.59. The summed E-state index contributed by atoms with van der Waals surface area (Å²) >= 11 is 1.88. The average molecular weight is 732 g/mol. The summed E-state index contributed by atoms with van der Waals surface area (Å²) in [5.41, 5.74) is 15.2. The van der Waals surface area contributed by atoms with Crippen LogP contribution in [0.2, 0.25) is 0 Å². The van der Waals surface area contributed by atoms with Gasteiger partial charge in [-0.3, -0.25) is 0 Å². The average Bonchev–Trinajstić information content (AvgIpc) is 3.67. The molecule has 264 valence electrons. The van der Waals surface area contributed by atoms with E-state index in [1.54, 1.807) is 0 Å². The molecule has 0 amide bonds. The number of rotatable bonds is 8. The highest BCUT2D eigenvalue weighted by molar-refractivity contribution is 7.26. The SMILES string of the molecule is c1ccc(-c2ccccc2-c2c(-c3ccccc3)cccc2N(c2ccccc2-c2ccccc2)c2ccccc2-c2cccc3c2sc2ccccc23)cc1. The van der Waals surface area contributed by atoms with Crippen LogP contribution in [0.25, 0.3) is 75.8 Å². The summed E-state index contributed by atoms with van der Waals surface area (Å²) in [7, 11) is 0. The summed E-state index contributed by atoms with van der Waals surface area (Å²) in [6, 6.07) is 81.4. The maximum Gasteiger partial charge on any atom is 0.0547 e. The Balaban J connectivity index is 1.32. The molecule has 0 N–H and O–H groups in total. The van der Waals surface area contributed by atoms with Crippen LogP contribution in [0.5, 0.6) is 0 Å². The molecule has 1 heterocycles. The normalized spacial score (nSPS) is 11.2. The maximum atomic E-state index is 2.52. The molecule has 0 fully saturated rings. The van der Waals surface area contributed by atoms with Gasteiger partial charge in [0.2, 0.25) is 0 Å². The van der Waals surface area contributed by atoms with Gasteiger partial charge in [0.05, 0.1) is 17.1 Å². The quantitative estimate of drug-likeness (QED) is 0.150. The van der Waals surface area contributed by atoms with Gasteiger partial charge in [-0.05, 0) is 57.6 Å². The van der Waals surface area contributed by atoms with Crippen molar-refractivity contribution in [2.24, 2.45) is 0 Å². The van der Waals surface area contributed by atoms with Gasteiger partial charge in [-0.1, -0.05) is 200 Å². The fourth-order valence-electron chi connectivity index (χ4n) is 8.21. The van der Waals surface area contributed by atoms with Gasteiger partial charge >= 0.3 is 0 Å². The van der Waals surface area contributed by atoms with E-state index in [2.05, 4.69) is 229 Å². The summed E-state index contributed by atoms with van der Waals surface area (Å²) in [6.07, 6.45) is 0. The zero-order valence-corrected chi connectivity index (χ0v) is 31.5. The zero-order chi connectivity index (χ0) is 37.3. The first kappa shape index (κ1) is 33.6. The highest BCUT2D eigenvalue weighted by Gasteiger charge is 2.26. The summed E-state index contributed by atoms with van der Waals surface area (Å²) < 4.78 is 2.60. The number of anilines is 3. The molecule has 1 aromatic heterocycles. The molecule has 0 saturated heterocycles. The van der Waals surface area contributed by atoms with Gasteiger partial charge in [0.25, 0.3) is 0 Å². The number of para-hydroxylation sites is 2. The van der Waals surface area contributed by atoms with E-state index in [1.807, 2.05) is 11.3 Å². The summed E-state index contributed by atoms with van der Waals surface area (Å²) in [6.45, 7) is 0. The van der Waals surface area contributed by atoms with Crippen molar-refractivity contribution in [3.05, 3.63) is 224 Å². The third kappa shape index (κ3) is 5.98. The molecule has 0 atom stereocenters. The van der Waals surface area contributed by atoms with Crippen LogP contribution in [0.15, 0.2) is 224 Å². The molecule has 0 bridgehead atoms. The van der Waals surface area contributed by atoms with Crippen molar-refractivity contribution in [1.82, 2.24) is 0 Å². The van der Waals surface area contributed by atoms with Crippen LogP contribution in [0.3, 0.4) is 0 Å². The third-order valence-corrected chi connectivity index (χ3v) is 11.9. The minimum atomic E-state index is 1.11. The van der Waals surface area contributed by atoms with Crippen molar-refractivity contribution in [1.29, 1.82) is 0 Å². The molecular weight excluding hydrogens is 695 g/mol. The molecule has 0 radical (unpaired) electrons. The minimum Gasteiger partial charge on any atom is -0.309 e. The van der Waals surface area contributed by atoms with E-state index >= 15 is 0 Å². The van der Waals surface area contributed by atoms with Gasteiger partial charge in [0, 0.05) is 42.4 Å². The Labute approximate surface area is 332 Å². The predicted octanol–water partition coefficient (Wildman–Crippen LogP) is 15.9. The van der Waals surface area contributed by atoms with Crippen LogP contribution in [0.4, 0.5) is 17.1 Å². The van der Waals surface area contributed by atoms with E-state index in [0.29, 0.717) is 0 Å². The lowest BCUT2D eigenvalue weighted by Gasteiger charge is -2.33. The molecule has 10 aromatic rings. The Morgan fingerprint density at radius 2 is 0.696 bits per heavy atom. The smallest absolute Gasteiger partial charge is 0.0547 e. The standard InChI is InChI=1S/C54H37NS/c1-4-20-38(21-5-1)41-26-10-11-30-46(41)53-43(40-24-8-3-9-25-40)31-19-36-51(53)55(49-34-15-12-27-42(49)39-22-6-2-7-23-39)50-35-16-13-28-44(50)47-32-18-33-48-45-29-14-17-37-52(45)56-54(47)48/h1-37H. The molecule has 56 heavy (non-hydrogen) atoms. The molecule has 2 heteroatoms. The van der Waals surface area contributed by atoms with Crippen molar-refractivity contribution in [3.8, 4) is 55.6 Å². The van der Waals surface area contributed by atoms with E-state index in [-0.39, 0.29) is 0 Å². The summed E-state index contributed by atoms with van der Waals surface area (Å²) in [4.78, 5) is 2.52. The number of thiophene rings is 1. The van der Waals surface area contributed by atoms with Gasteiger partial charge in [0.1, 0.15) is 0 Å². The number of nitrogens with zero attached hydrogens (tertiary/aromatic N) is 1. The maximum absolute atomic E-state index is 2.52. The lowest BCUT2D eigenvalue weighted by molar-refractivity contribution is 1.28. The molecule has 0 unspecified atom stereocenters. The van der Waals surface area contributed by atoms with Crippen LogP contribution in [0.1, 0.15) is 0 Å². The number of hydrogen-bond acceptors (Lipinski definition) is 2. The monoisotopic (exact) mass is 731 g/mol. The number of hydrogen-bond donors (Lipinski definition) is 0. The Hall–Kier alpha value is -7.00. The lowest BCUT2D eigenvalue weighted by atomic mass is 9.87. The highest BCUT2D eigenvalue weighted by atomic mass is 32.1. The Morgan fingerprint density at radius 3 is 1.39 bits per heavy atom. The van der Waals surface area contributed by atoms with Crippen LogP contribution in [-0.4, -0.2) is 0 Å². The highest BCUT2D eigenvalue weighted by Crippen LogP contribution is 2.52. The van der Waals surface area contributed by atoms with Gasteiger partial charge in [-0.25, -0.2) is 0 Å². The third-order valence-electron chi connectivity index (χ3n) is 10.7. The molecule has 0 spiro atoms. The molecule has 9 aromatic carbocycles. The molecule has 10 rings (SSSR count). The van der Waals surface area contributed by atoms with Crippen LogP contribution in [0, 0.1) is 0 Å². The molecular formula is C54H37NS. The lowest BCUT2D eigenvalue weighted by Crippen LogP contribution is -2.14. The number of benzene rings is 9. The Kier molecular flexibility index (Phi) is 8.79. The van der Waals surface area contributed by atoms with Crippen molar-refractivity contribution >= 4 is 48.6 Å². The molecule has 0 aliphatic heterocycles. The second kappa shape index (κ2) is 14.7. The van der Waals surface area contributed by atoms with Gasteiger partial charge in [0.15, 0.2) is 0 Å². The van der Waals surface area contributed by atoms with E-state index in [4.69, 9.17) is 0 Å². The van der Waals surface area contributed by atoms with Gasteiger partial charge < -0.3 is 4.90 Å². The van der Waals surface area contributed by atoms with Crippen LogP contribution >= 0.6 is 11.3 Å². The van der Waals surface area contributed by atoms with E-state index in [1.165, 1.54) is 70.2 Å². The van der Waals surface area contributed by atoms with Gasteiger partial charge in [-0.2, -0.15) is 0 Å². The molecule has 1 nitrogen and oxygen atoms in total. The van der Waals surface area contributed by atoms with E-state index < -0.39 is 0 Å². The van der Waals surface area contributed by atoms with E-state index in [9.17, 15) is 0 Å². The predicted molar refractivity (Wildman–Crippen MR) is 241 cm³/mol. The first-order chi connectivity index (χ1) is 27.8.